The van der Waals surface area contributed by atoms with Gasteiger partial charge in [-0.25, -0.2) is 4.18 Å². The zero-order valence-corrected chi connectivity index (χ0v) is 18.5. The average Bonchev–Trinajstić information content (AvgIpc) is 2.67. The van der Waals surface area contributed by atoms with Crippen molar-refractivity contribution in [1.82, 2.24) is 4.90 Å². The first kappa shape index (κ1) is 24.5. The highest BCUT2D eigenvalue weighted by Crippen LogP contribution is 2.28. The molecule has 31 heavy (non-hydrogen) atoms. The molecule has 0 bridgehead atoms. The predicted molar refractivity (Wildman–Crippen MR) is 109 cm³/mol. The summed E-state index contributed by atoms with van der Waals surface area (Å²) in [5.41, 5.74) is 1.02. The summed E-state index contributed by atoms with van der Waals surface area (Å²) in [6, 6.07) is 9.43. The van der Waals surface area contributed by atoms with Gasteiger partial charge in [-0.05, 0) is 25.8 Å². The van der Waals surface area contributed by atoms with E-state index in [4.69, 9.17) is 22.9 Å². The standard InChI is InChI=1S/C20H31NO9S/c1-20(2)28-13-19(30-31(24,25)26)18(29-20)10-21-9-17(23)16(22)8-15(21)12-27-11-14-6-4-3-5-7-14/h3-7,15-19,22-23H,8-13H2,1-2H3,(H,24,25,26)/t15-,16-,17-,18-,19+/m1/s1. The number of nitrogens with zero attached hydrogens (tertiary/aromatic N) is 1. The summed E-state index contributed by atoms with van der Waals surface area (Å²) in [5.74, 6) is -0.975. The van der Waals surface area contributed by atoms with Crippen LogP contribution in [0.5, 0.6) is 0 Å². The molecule has 176 valence electrons. The molecule has 5 atom stereocenters. The van der Waals surface area contributed by atoms with Crippen LogP contribution in [0.15, 0.2) is 30.3 Å². The van der Waals surface area contributed by atoms with Crippen LogP contribution in [0.1, 0.15) is 25.8 Å². The normalized spacial score (nSPS) is 32.1. The molecule has 1 aromatic carbocycles. The second kappa shape index (κ2) is 10.2. The highest BCUT2D eigenvalue weighted by molar-refractivity contribution is 7.80. The molecule has 0 aromatic heterocycles. The first-order chi connectivity index (χ1) is 14.5. The van der Waals surface area contributed by atoms with Crippen molar-refractivity contribution in [2.45, 2.75) is 63.1 Å². The lowest BCUT2D eigenvalue weighted by molar-refractivity contribution is -0.303. The van der Waals surface area contributed by atoms with Gasteiger partial charge in [0, 0.05) is 19.1 Å². The number of likely N-dealkylation sites (tertiary alicyclic amines) is 1. The van der Waals surface area contributed by atoms with Crippen molar-refractivity contribution in [3.05, 3.63) is 35.9 Å². The van der Waals surface area contributed by atoms with E-state index in [-0.39, 0.29) is 32.2 Å². The molecule has 3 rings (SSSR count). The maximum atomic E-state index is 11.2. The molecule has 10 nitrogen and oxygen atoms in total. The Kier molecular flexibility index (Phi) is 8.05. The second-order valence-corrected chi connectivity index (χ2v) is 9.46. The highest BCUT2D eigenvalue weighted by atomic mass is 32.3. The Hall–Kier alpha value is -1.15. The number of piperidine rings is 1. The minimum Gasteiger partial charge on any atom is -0.390 e. The molecule has 1 aromatic rings. The minimum absolute atomic E-state index is 0.0916. The van der Waals surface area contributed by atoms with Gasteiger partial charge in [0.25, 0.3) is 0 Å². The Balaban J connectivity index is 1.67. The molecule has 2 fully saturated rings. The Labute approximate surface area is 182 Å². The molecular formula is C20H31NO9S. The lowest BCUT2D eigenvalue weighted by Crippen LogP contribution is -2.60. The van der Waals surface area contributed by atoms with Gasteiger partial charge in [0.05, 0.1) is 32.0 Å². The molecule has 0 unspecified atom stereocenters. The maximum absolute atomic E-state index is 11.2. The highest BCUT2D eigenvalue weighted by Gasteiger charge is 2.43. The first-order valence-corrected chi connectivity index (χ1v) is 11.6. The van der Waals surface area contributed by atoms with E-state index in [1.807, 2.05) is 35.2 Å². The molecule has 3 N–H and O–H groups in total. The molecule has 0 saturated carbocycles. The van der Waals surface area contributed by atoms with E-state index in [2.05, 4.69) is 0 Å². The topological polar surface area (TPSA) is 135 Å². The molecule has 0 spiro atoms. The number of aliphatic hydroxyl groups is 2. The lowest BCUT2D eigenvalue weighted by atomic mass is 9.96. The van der Waals surface area contributed by atoms with Crippen molar-refractivity contribution < 1.29 is 41.6 Å². The van der Waals surface area contributed by atoms with Gasteiger partial charge in [0.2, 0.25) is 0 Å². The van der Waals surface area contributed by atoms with E-state index in [0.717, 1.165) is 5.56 Å². The summed E-state index contributed by atoms with van der Waals surface area (Å²) in [4.78, 5) is 1.88. The summed E-state index contributed by atoms with van der Waals surface area (Å²) in [7, 11) is -4.71. The zero-order chi connectivity index (χ0) is 22.6. The third kappa shape index (κ3) is 7.45. The fourth-order valence-corrected chi connectivity index (χ4v) is 4.37. The lowest BCUT2D eigenvalue weighted by Gasteiger charge is -2.45. The van der Waals surface area contributed by atoms with Crippen LogP contribution in [0.25, 0.3) is 0 Å². The van der Waals surface area contributed by atoms with Crippen LogP contribution in [-0.4, -0.2) is 90.6 Å². The van der Waals surface area contributed by atoms with Crippen molar-refractivity contribution in [2.75, 3.05) is 26.3 Å². The molecule has 11 heteroatoms. The van der Waals surface area contributed by atoms with Crippen LogP contribution in [0.2, 0.25) is 0 Å². The molecule has 0 amide bonds. The van der Waals surface area contributed by atoms with Crippen LogP contribution in [0.4, 0.5) is 0 Å². The van der Waals surface area contributed by atoms with Gasteiger partial charge in [-0.3, -0.25) is 9.45 Å². The fourth-order valence-electron chi connectivity index (χ4n) is 3.88. The summed E-state index contributed by atoms with van der Waals surface area (Å²) in [6.45, 7) is 4.34. The van der Waals surface area contributed by atoms with Gasteiger partial charge in [0.15, 0.2) is 5.79 Å². The third-order valence-electron chi connectivity index (χ3n) is 5.42. The molecular weight excluding hydrogens is 430 g/mol. The molecule has 2 saturated heterocycles. The van der Waals surface area contributed by atoms with Crippen LogP contribution in [0, 0.1) is 0 Å². The Morgan fingerprint density at radius 1 is 1.19 bits per heavy atom. The van der Waals surface area contributed by atoms with E-state index < -0.39 is 40.6 Å². The number of rotatable bonds is 8. The van der Waals surface area contributed by atoms with Gasteiger partial charge < -0.3 is 24.4 Å². The summed E-state index contributed by atoms with van der Waals surface area (Å²) < 4.78 is 53.5. The molecule has 0 aliphatic carbocycles. The van der Waals surface area contributed by atoms with Gasteiger partial charge in [-0.15, -0.1) is 0 Å². The number of aliphatic hydroxyl groups excluding tert-OH is 2. The number of ether oxygens (including phenoxy) is 3. The Morgan fingerprint density at radius 2 is 1.90 bits per heavy atom. The Bertz CT molecular complexity index is 804. The van der Waals surface area contributed by atoms with E-state index in [1.165, 1.54) is 0 Å². The molecule has 2 aliphatic heterocycles. The summed E-state index contributed by atoms with van der Waals surface area (Å²) >= 11 is 0. The zero-order valence-electron chi connectivity index (χ0n) is 17.7. The van der Waals surface area contributed by atoms with Crippen molar-refractivity contribution >= 4 is 10.4 Å². The largest absolute Gasteiger partial charge is 0.397 e. The van der Waals surface area contributed by atoms with E-state index in [0.29, 0.717) is 13.2 Å². The number of benzene rings is 1. The Morgan fingerprint density at radius 3 is 2.58 bits per heavy atom. The van der Waals surface area contributed by atoms with Gasteiger partial charge in [-0.1, -0.05) is 30.3 Å². The molecule has 2 aliphatic rings. The van der Waals surface area contributed by atoms with Crippen LogP contribution >= 0.6 is 0 Å². The maximum Gasteiger partial charge on any atom is 0.397 e. The monoisotopic (exact) mass is 461 g/mol. The van der Waals surface area contributed by atoms with E-state index in [1.54, 1.807) is 13.8 Å². The van der Waals surface area contributed by atoms with E-state index >= 15 is 0 Å². The van der Waals surface area contributed by atoms with Crippen molar-refractivity contribution in [1.29, 1.82) is 0 Å². The predicted octanol–water partition coefficient (Wildman–Crippen LogP) is 0.339. The third-order valence-corrected chi connectivity index (χ3v) is 5.91. The van der Waals surface area contributed by atoms with Gasteiger partial charge in [0.1, 0.15) is 12.2 Å². The fraction of sp³-hybridized carbons (Fsp3) is 0.700. The number of β-amino-alcohol motifs (C(OH)–C–C–N with tert-alkyl or cyclic N) is 1. The molecule has 0 radical (unpaired) electrons. The minimum atomic E-state index is -4.71. The quantitative estimate of drug-likeness (QED) is 0.465. The summed E-state index contributed by atoms with van der Waals surface area (Å²) in [5, 5.41) is 20.3. The number of hydrogen-bond donors (Lipinski definition) is 3. The van der Waals surface area contributed by atoms with Crippen LogP contribution < -0.4 is 0 Å². The van der Waals surface area contributed by atoms with Crippen LogP contribution in [-0.2, 0) is 35.4 Å². The first-order valence-electron chi connectivity index (χ1n) is 10.2. The number of hydrogen-bond acceptors (Lipinski definition) is 9. The SMILES string of the molecule is CC1(C)OC[C@H](OS(=O)(=O)O)[C@@H](CN2C[C@@H](O)[C@H](O)C[C@@H]2COCc2ccccc2)O1. The van der Waals surface area contributed by atoms with Crippen molar-refractivity contribution in [2.24, 2.45) is 0 Å². The van der Waals surface area contributed by atoms with Gasteiger partial charge >= 0.3 is 10.4 Å². The van der Waals surface area contributed by atoms with Crippen molar-refractivity contribution in [3.8, 4) is 0 Å². The van der Waals surface area contributed by atoms with Gasteiger partial charge in [-0.2, -0.15) is 8.42 Å². The smallest absolute Gasteiger partial charge is 0.390 e. The average molecular weight is 462 g/mol. The van der Waals surface area contributed by atoms with Crippen molar-refractivity contribution in [3.63, 3.8) is 0 Å². The summed E-state index contributed by atoms with van der Waals surface area (Å²) in [6.07, 6.45) is -3.38. The second-order valence-electron chi connectivity index (χ2n) is 8.41. The molecule has 2 heterocycles. The van der Waals surface area contributed by atoms with Crippen LogP contribution in [0.3, 0.4) is 0 Å². The van der Waals surface area contributed by atoms with E-state index in [9.17, 15) is 18.6 Å².